The predicted molar refractivity (Wildman–Crippen MR) is 114 cm³/mol. The minimum absolute atomic E-state index is 0.0142. The molecule has 3 N–H and O–H groups in total. The summed E-state index contributed by atoms with van der Waals surface area (Å²) in [5.41, 5.74) is -1.33. The number of nitrogens with zero attached hydrogens (tertiary/aromatic N) is 4. The van der Waals surface area contributed by atoms with Gasteiger partial charge in [-0.3, -0.25) is 14.4 Å². The van der Waals surface area contributed by atoms with Crippen LogP contribution in [0.2, 0.25) is 0 Å². The van der Waals surface area contributed by atoms with Gasteiger partial charge in [0.25, 0.3) is 5.56 Å². The number of hydrogen-bond donors (Lipinski definition) is 3. The zero-order valence-corrected chi connectivity index (χ0v) is 18.7. The lowest BCUT2D eigenvalue weighted by molar-refractivity contribution is -0.139. The van der Waals surface area contributed by atoms with Gasteiger partial charge >= 0.3 is 12.4 Å². The number of amides is 1. The smallest absolute Gasteiger partial charge is 0.378 e. The Bertz CT molecular complexity index is 1150. The summed E-state index contributed by atoms with van der Waals surface area (Å²) in [5.74, 6) is -0.363. The van der Waals surface area contributed by atoms with Gasteiger partial charge in [-0.05, 0) is 13.3 Å². The Morgan fingerprint density at radius 3 is 2.44 bits per heavy atom. The van der Waals surface area contributed by atoms with Crippen molar-refractivity contribution in [3.05, 3.63) is 51.7 Å². The van der Waals surface area contributed by atoms with Gasteiger partial charge < -0.3 is 10.2 Å². The van der Waals surface area contributed by atoms with Crippen LogP contribution in [0.3, 0.4) is 0 Å². The van der Waals surface area contributed by atoms with Crippen molar-refractivity contribution < 1.29 is 36.0 Å². The van der Waals surface area contributed by atoms with E-state index in [1.165, 1.54) is 6.92 Å². The van der Waals surface area contributed by atoms with E-state index in [0.29, 0.717) is 31.9 Å². The molecule has 0 saturated heterocycles. The second-order valence-electron chi connectivity index (χ2n) is 7.87. The molecule has 10 nitrogen and oxygen atoms in total. The van der Waals surface area contributed by atoms with Crippen LogP contribution in [0, 0.1) is 0 Å². The maximum atomic E-state index is 13.1. The Hall–Kier alpha value is -3.69. The quantitative estimate of drug-likeness (QED) is 0.275. The van der Waals surface area contributed by atoms with Crippen molar-refractivity contribution in [3.63, 3.8) is 0 Å². The highest BCUT2D eigenvalue weighted by Crippen LogP contribution is 2.31. The van der Waals surface area contributed by atoms with Crippen LogP contribution in [0.15, 0.2) is 35.0 Å². The summed E-state index contributed by atoms with van der Waals surface area (Å²) in [6, 6.07) is -0.721. The van der Waals surface area contributed by atoms with Gasteiger partial charge in [-0.2, -0.15) is 31.4 Å². The number of alkyl halides is 6. The van der Waals surface area contributed by atoms with E-state index < -0.39 is 46.7 Å². The summed E-state index contributed by atoms with van der Waals surface area (Å²) in [5, 5.41) is 7.55. The van der Waals surface area contributed by atoms with Crippen molar-refractivity contribution >= 4 is 17.5 Å². The lowest BCUT2D eigenvalue weighted by Gasteiger charge is -2.26. The Labute approximate surface area is 199 Å². The Balaban J connectivity index is 1.44. The molecular weight excluding hydrogens is 500 g/mol. The van der Waals surface area contributed by atoms with Crippen LogP contribution >= 0.6 is 0 Å². The second kappa shape index (κ2) is 10.9. The molecule has 196 valence electrons. The fourth-order valence-electron chi connectivity index (χ4n) is 3.27. The molecule has 0 fully saturated rings. The molecule has 3 rings (SSSR count). The average Bonchev–Trinajstić information content (AvgIpc) is 2.78. The van der Waals surface area contributed by atoms with Crippen LogP contribution in [-0.2, 0) is 22.0 Å². The largest absolute Gasteiger partial charge is 0.423 e. The number of hydroxylamine groups is 1. The predicted octanol–water partition coefficient (Wildman–Crippen LogP) is 2.67. The third-order valence-electron chi connectivity index (χ3n) is 5.00. The monoisotopic (exact) mass is 521 g/mol. The molecular formula is C20H21F6N7O3. The zero-order chi connectivity index (χ0) is 26.5. The summed E-state index contributed by atoms with van der Waals surface area (Å²) >= 11 is 0. The van der Waals surface area contributed by atoms with Gasteiger partial charge in [0.1, 0.15) is 5.56 Å². The van der Waals surface area contributed by atoms with Crippen molar-refractivity contribution in [3.8, 4) is 0 Å². The Morgan fingerprint density at radius 1 is 1.17 bits per heavy atom. The number of aromatic nitrogens is 4. The number of carbonyl (C=O) groups is 1. The summed E-state index contributed by atoms with van der Waals surface area (Å²) < 4.78 is 77.1. The molecule has 1 aliphatic heterocycles. The number of carbonyl (C=O) groups excluding carboxylic acids is 1. The lowest BCUT2D eigenvalue weighted by atomic mass is 10.0. The molecule has 0 radical (unpaired) electrons. The van der Waals surface area contributed by atoms with Crippen LogP contribution in [0.25, 0.3) is 0 Å². The SMILES string of the molecule is C[C@@H](CONC(=O)CC1=CCN(c2ncc(C(F)(F)F)cn2)CC1)Nc1cn[nH]c(=O)c1C(F)(F)F. The molecule has 0 aromatic carbocycles. The van der Waals surface area contributed by atoms with E-state index in [4.69, 9.17) is 4.84 Å². The second-order valence-corrected chi connectivity index (χ2v) is 7.87. The van der Waals surface area contributed by atoms with Crippen molar-refractivity contribution in [1.82, 2.24) is 25.6 Å². The van der Waals surface area contributed by atoms with Crippen LogP contribution in [0.1, 0.15) is 30.9 Å². The number of hydrogen-bond acceptors (Lipinski definition) is 8. The van der Waals surface area contributed by atoms with Gasteiger partial charge in [0, 0.05) is 37.9 Å². The van der Waals surface area contributed by atoms with Gasteiger partial charge in [0.05, 0.1) is 24.1 Å². The first kappa shape index (κ1) is 26.9. The van der Waals surface area contributed by atoms with Crippen molar-refractivity contribution in [2.24, 2.45) is 0 Å². The van der Waals surface area contributed by atoms with E-state index in [9.17, 15) is 35.9 Å². The molecule has 1 atom stereocenters. The summed E-state index contributed by atoms with van der Waals surface area (Å²) in [7, 11) is 0. The molecule has 0 bridgehead atoms. The summed E-state index contributed by atoms with van der Waals surface area (Å²) in [6.07, 6.45) is -5.03. The van der Waals surface area contributed by atoms with Gasteiger partial charge in [0.2, 0.25) is 11.9 Å². The van der Waals surface area contributed by atoms with E-state index in [-0.39, 0.29) is 19.0 Å². The van der Waals surface area contributed by atoms with Crippen molar-refractivity contribution in [2.75, 3.05) is 29.9 Å². The molecule has 16 heteroatoms. The fourth-order valence-corrected chi connectivity index (χ4v) is 3.27. The van der Waals surface area contributed by atoms with E-state index in [2.05, 4.69) is 25.9 Å². The normalized spacial score (nSPS) is 15.3. The number of anilines is 2. The van der Waals surface area contributed by atoms with Crippen molar-refractivity contribution in [2.45, 2.75) is 38.2 Å². The Morgan fingerprint density at radius 2 is 1.86 bits per heavy atom. The number of halogens is 6. The molecule has 2 aromatic heterocycles. The van der Waals surface area contributed by atoms with E-state index in [1.807, 2.05) is 0 Å². The minimum atomic E-state index is -4.89. The molecule has 3 heterocycles. The third kappa shape index (κ3) is 7.16. The first-order valence-corrected chi connectivity index (χ1v) is 10.5. The number of rotatable bonds is 8. The maximum Gasteiger partial charge on any atom is 0.423 e. The average molecular weight is 521 g/mol. The van der Waals surface area contributed by atoms with Crippen molar-refractivity contribution in [1.29, 1.82) is 0 Å². The lowest BCUT2D eigenvalue weighted by Crippen LogP contribution is -2.34. The first-order chi connectivity index (χ1) is 16.8. The molecule has 2 aromatic rings. The summed E-state index contributed by atoms with van der Waals surface area (Å²) in [6.45, 7) is 1.95. The van der Waals surface area contributed by atoms with Crippen LogP contribution in [-0.4, -0.2) is 51.8 Å². The molecule has 0 aliphatic carbocycles. The Kier molecular flexibility index (Phi) is 8.17. The van der Waals surface area contributed by atoms with Crippen LogP contribution in [0.4, 0.5) is 38.0 Å². The standard InChI is InChI=1S/C20H21F6N7O3/c1-11(30-14-9-29-31-17(35)16(14)20(24,25)26)10-36-32-15(34)6-12-2-4-33(5-3-12)18-27-7-13(8-28-18)19(21,22)23/h2,7-9,11H,3-6,10H2,1H3,(H,32,34)(H2,30,31,35)/t11-/m0/s1. The van der Waals surface area contributed by atoms with Gasteiger partial charge in [-0.1, -0.05) is 11.6 Å². The fraction of sp³-hybridized carbons (Fsp3) is 0.450. The highest BCUT2D eigenvalue weighted by Gasteiger charge is 2.37. The minimum Gasteiger partial charge on any atom is -0.378 e. The molecule has 1 aliphatic rings. The number of H-pyrrole nitrogens is 1. The van der Waals surface area contributed by atoms with E-state index in [0.717, 1.165) is 11.8 Å². The number of nitrogens with one attached hydrogen (secondary N) is 3. The highest BCUT2D eigenvalue weighted by molar-refractivity contribution is 5.77. The van der Waals surface area contributed by atoms with Crippen LogP contribution < -0.4 is 21.3 Å². The molecule has 0 saturated carbocycles. The first-order valence-electron chi connectivity index (χ1n) is 10.5. The molecule has 1 amide bonds. The topological polar surface area (TPSA) is 125 Å². The molecule has 0 spiro atoms. The van der Waals surface area contributed by atoms with Gasteiger partial charge in [-0.15, -0.1) is 0 Å². The third-order valence-corrected chi connectivity index (χ3v) is 5.00. The van der Waals surface area contributed by atoms with Gasteiger partial charge in [-0.25, -0.2) is 20.5 Å². The van der Waals surface area contributed by atoms with Crippen LogP contribution in [0.5, 0.6) is 0 Å². The van der Waals surface area contributed by atoms with E-state index >= 15 is 0 Å². The maximum absolute atomic E-state index is 13.1. The van der Waals surface area contributed by atoms with Gasteiger partial charge in [0.15, 0.2) is 0 Å². The zero-order valence-electron chi connectivity index (χ0n) is 18.7. The molecule has 0 unspecified atom stereocenters. The summed E-state index contributed by atoms with van der Waals surface area (Å²) in [4.78, 5) is 37.8. The molecule has 36 heavy (non-hydrogen) atoms. The van der Waals surface area contributed by atoms with E-state index in [1.54, 1.807) is 16.1 Å². The number of aromatic amines is 1. The highest BCUT2D eigenvalue weighted by atomic mass is 19.4.